The largest absolute Gasteiger partial charge is 0.493 e. The van der Waals surface area contributed by atoms with Crippen LogP contribution in [0.2, 0.25) is 0 Å². The number of benzene rings is 1. The molecule has 0 saturated heterocycles. The predicted octanol–water partition coefficient (Wildman–Crippen LogP) is 1.01. The SMILES string of the molecule is CNC1(O)C=Cc2cc(OC)c(OC)cc2N1. The second-order valence-electron chi connectivity index (χ2n) is 3.77. The summed E-state index contributed by atoms with van der Waals surface area (Å²) in [7, 11) is 4.84. The van der Waals surface area contributed by atoms with E-state index in [9.17, 15) is 5.11 Å². The molecule has 0 amide bonds. The maximum absolute atomic E-state index is 10.0. The molecule has 1 heterocycles. The Hall–Kier alpha value is -1.72. The predicted molar refractivity (Wildman–Crippen MR) is 66.2 cm³/mol. The summed E-state index contributed by atoms with van der Waals surface area (Å²) in [6, 6.07) is 3.65. The molecule has 0 aliphatic carbocycles. The van der Waals surface area contributed by atoms with Gasteiger partial charge in [-0.15, -0.1) is 0 Å². The van der Waals surface area contributed by atoms with Crippen molar-refractivity contribution in [3.8, 4) is 11.5 Å². The molecule has 5 nitrogen and oxygen atoms in total. The van der Waals surface area contributed by atoms with Crippen molar-refractivity contribution in [3.05, 3.63) is 23.8 Å². The van der Waals surface area contributed by atoms with Gasteiger partial charge in [-0.1, -0.05) is 6.08 Å². The third-order valence-electron chi connectivity index (χ3n) is 2.77. The molecule has 0 spiro atoms. The van der Waals surface area contributed by atoms with Crippen molar-refractivity contribution in [2.45, 2.75) is 5.85 Å². The molecular weight excluding hydrogens is 220 g/mol. The van der Waals surface area contributed by atoms with Crippen molar-refractivity contribution < 1.29 is 14.6 Å². The molecule has 1 unspecified atom stereocenters. The van der Waals surface area contributed by atoms with Crippen molar-refractivity contribution in [1.82, 2.24) is 5.32 Å². The number of nitrogens with one attached hydrogen (secondary N) is 2. The third kappa shape index (κ3) is 2.07. The summed E-state index contributed by atoms with van der Waals surface area (Å²) < 4.78 is 10.4. The van der Waals surface area contributed by atoms with E-state index < -0.39 is 5.85 Å². The van der Waals surface area contributed by atoms with Crippen LogP contribution < -0.4 is 20.1 Å². The number of hydrogen-bond donors (Lipinski definition) is 3. The molecule has 3 N–H and O–H groups in total. The second kappa shape index (κ2) is 4.27. The summed E-state index contributed by atoms with van der Waals surface area (Å²) in [4.78, 5) is 0. The molecule has 5 heteroatoms. The highest BCUT2D eigenvalue weighted by atomic mass is 16.5. The molecule has 1 aliphatic heterocycles. The average Bonchev–Trinajstić information content (AvgIpc) is 2.37. The van der Waals surface area contributed by atoms with E-state index in [1.165, 1.54) is 0 Å². The molecule has 1 aromatic carbocycles. The van der Waals surface area contributed by atoms with Gasteiger partial charge in [-0.3, -0.25) is 5.32 Å². The van der Waals surface area contributed by atoms with E-state index in [0.717, 1.165) is 11.3 Å². The van der Waals surface area contributed by atoms with Crippen LogP contribution in [-0.4, -0.2) is 32.2 Å². The number of anilines is 1. The van der Waals surface area contributed by atoms with Crippen LogP contribution in [0.25, 0.3) is 6.08 Å². The maximum atomic E-state index is 10.0. The lowest BCUT2D eigenvalue weighted by atomic mass is 10.1. The summed E-state index contributed by atoms with van der Waals surface area (Å²) in [5.74, 6) is 0.0483. The zero-order valence-electron chi connectivity index (χ0n) is 10.1. The number of rotatable bonds is 3. The number of fused-ring (bicyclic) bond motifs is 1. The molecule has 2 rings (SSSR count). The van der Waals surface area contributed by atoms with Crippen LogP contribution in [-0.2, 0) is 0 Å². The molecule has 17 heavy (non-hydrogen) atoms. The molecule has 0 radical (unpaired) electrons. The van der Waals surface area contributed by atoms with E-state index in [1.807, 2.05) is 12.1 Å². The van der Waals surface area contributed by atoms with Crippen molar-refractivity contribution >= 4 is 11.8 Å². The molecular formula is C12H16N2O3. The number of hydrogen-bond acceptors (Lipinski definition) is 5. The van der Waals surface area contributed by atoms with Gasteiger partial charge in [-0.05, 0) is 19.2 Å². The standard InChI is InChI=1S/C12H16N2O3/c1-13-12(15)5-4-8-6-10(16-2)11(17-3)7-9(8)14-12/h4-7,13-15H,1-3H3. The summed E-state index contributed by atoms with van der Waals surface area (Å²) in [6.07, 6.45) is 3.46. The minimum absolute atomic E-state index is 0.618. The summed E-state index contributed by atoms with van der Waals surface area (Å²) in [6.45, 7) is 0. The van der Waals surface area contributed by atoms with Crippen molar-refractivity contribution in [2.24, 2.45) is 0 Å². The molecule has 0 fully saturated rings. The van der Waals surface area contributed by atoms with Crippen LogP contribution in [0.1, 0.15) is 5.56 Å². The third-order valence-corrected chi connectivity index (χ3v) is 2.77. The number of likely N-dealkylation sites (N-methyl/N-ethyl adjacent to an activating group) is 1. The van der Waals surface area contributed by atoms with Crippen LogP contribution in [0.4, 0.5) is 5.69 Å². The Balaban J connectivity index is 2.45. The Bertz CT molecular complexity index is 459. The van der Waals surface area contributed by atoms with E-state index in [-0.39, 0.29) is 0 Å². The van der Waals surface area contributed by atoms with Crippen LogP contribution in [0, 0.1) is 0 Å². The van der Waals surface area contributed by atoms with Crippen molar-refractivity contribution in [1.29, 1.82) is 0 Å². The van der Waals surface area contributed by atoms with Gasteiger partial charge in [0.25, 0.3) is 0 Å². The number of aliphatic hydroxyl groups is 1. The normalized spacial score (nSPS) is 21.6. The highest BCUT2D eigenvalue weighted by molar-refractivity contribution is 5.75. The molecule has 1 aromatic rings. The lowest BCUT2D eigenvalue weighted by Crippen LogP contribution is -2.49. The van der Waals surface area contributed by atoms with Crippen LogP contribution in [0.3, 0.4) is 0 Å². The minimum Gasteiger partial charge on any atom is -0.493 e. The van der Waals surface area contributed by atoms with Crippen LogP contribution >= 0.6 is 0 Å². The monoisotopic (exact) mass is 236 g/mol. The van der Waals surface area contributed by atoms with Gasteiger partial charge in [-0.25, -0.2) is 0 Å². The van der Waals surface area contributed by atoms with Crippen molar-refractivity contribution in [2.75, 3.05) is 26.6 Å². The Kier molecular flexibility index (Phi) is 2.95. The summed E-state index contributed by atoms with van der Waals surface area (Å²) in [5, 5.41) is 15.8. The fraction of sp³-hybridized carbons (Fsp3) is 0.333. The lowest BCUT2D eigenvalue weighted by Gasteiger charge is -2.31. The first kappa shape index (κ1) is 11.8. The Morgan fingerprint density at radius 3 is 2.47 bits per heavy atom. The van der Waals surface area contributed by atoms with Gasteiger partial charge in [0, 0.05) is 17.3 Å². The highest BCUT2D eigenvalue weighted by Crippen LogP contribution is 2.36. The lowest BCUT2D eigenvalue weighted by molar-refractivity contribution is 0.0926. The van der Waals surface area contributed by atoms with E-state index in [1.54, 1.807) is 33.4 Å². The zero-order valence-corrected chi connectivity index (χ0v) is 10.1. The zero-order chi connectivity index (χ0) is 12.5. The summed E-state index contributed by atoms with van der Waals surface area (Å²) in [5.41, 5.74) is 1.71. The molecule has 0 saturated carbocycles. The molecule has 92 valence electrons. The quantitative estimate of drug-likeness (QED) is 0.684. The Morgan fingerprint density at radius 2 is 1.88 bits per heavy atom. The van der Waals surface area contributed by atoms with E-state index in [0.29, 0.717) is 11.5 Å². The van der Waals surface area contributed by atoms with Gasteiger partial charge in [-0.2, -0.15) is 0 Å². The fourth-order valence-corrected chi connectivity index (χ4v) is 1.74. The first-order valence-corrected chi connectivity index (χ1v) is 5.26. The maximum Gasteiger partial charge on any atom is 0.213 e. The van der Waals surface area contributed by atoms with Gasteiger partial charge < -0.3 is 19.9 Å². The smallest absolute Gasteiger partial charge is 0.213 e. The first-order valence-electron chi connectivity index (χ1n) is 5.26. The Morgan fingerprint density at radius 1 is 1.24 bits per heavy atom. The summed E-state index contributed by atoms with van der Waals surface area (Å²) >= 11 is 0. The average molecular weight is 236 g/mol. The second-order valence-corrected chi connectivity index (χ2v) is 3.77. The van der Waals surface area contributed by atoms with Gasteiger partial charge in [0.15, 0.2) is 11.5 Å². The van der Waals surface area contributed by atoms with E-state index in [4.69, 9.17) is 9.47 Å². The van der Waals surface area contributed by atoms with Gasteiger partial charge in [0.1, 0.15) is 0 Å². The van der Waals surface area contributed by atoms with Crippen molar-refractivity contribution in [3.63, 3.8) is 0 Å². The number of ether oxygens (including phenoxy) is 2. The van der Waals surface area contributed by atoms with Gasteiger partial charge in [0.05, 0.1) is 14.2 Å². The van der Waals surface area contributed by atoms with E-state index >= 15 is 0 Å². The Labute approximate surface area is 100 Å². The van der Waals surface area contributed by atoms with E-state index in [2.05, 4.69) is 10.6 Å². The van der Waals surface area contributed by atoms with Gasteiger partial charge >= 0.3 is 0 Å². The fourth-order valence-electron chi connectivity index (χ4n) is 1.74. The van der Waals surface area contributed by atoms with Gasteiger partial charge in [0.2, 0.25) is 5.85 Å². The molecule has 1 aliphatic rings. The number of methoxy groups -OCH3 is 2. The molecule has 0 bridgehead atoms. The van der Waals surface area contributed by atoms with Crippen LogP contribution in [0.5, 0.6) is 11.5 Å². The van der Waals surface area contributed by atoms with Crippen LogP contribution in [0.15, 0.2) is 18.2 Å². The molecule has 1 atom stereocenters. The topological polar surface area (TPSA) is 62.8 Å². The molecule has 0 aromatic heterocycles. The minimum atomic E-state index is -1.23. The highest BCUT2D eigenvalue weighted by Gasteiger charge is 2.26. The first-order chi connectivity index (χ1) is 8.11.